The van der Waals surface area contributed by atoms with Crippen molar-refractivity contribution in [3.63, 3.8) is 0 Å². The molecule has 0 radical (unpaired) electrons. The third kappa shape index (κ3) is 3.45. The fourth-order valence-corrected chi connectivity index (χ4v) is 2.67. The lowest BCUT2D eigenvalue weighted by molar-refractivity contribution is 0.501. The molecule has 1 aliphatic carbocycles. The van der Waals surface area contributed by atoms with E-state index in [0.29, 0.717) is 17.9 Å². The van der Waals surface area contributed by atoms with E-state index in [4.69, 9.17) is 5.73 Å². The van der Waals surface area contributed by atoms with Crippen LogP contribution in [0, 0.1) is 5.92 Å². The molecule has 2 aromatic rings. The number of hydrogen-bond donors (Lipinski definition) is 2. The third-order valence-corrected chi connectivity index (χ3v) is 3.86. The van der Waals surface area contributed by atoms with Gasteiger partial charge in [-0.2, -0.15) is 24.7 Å². The number of hydrogen-bond acceptors (Lipinski definition) is 7. The second kappa shape index (κ2) is 6.02. The Morgan fingerprint density at radius 1 is 1.19 bits per heavy atom. The van der Waals surface area contributed by atoms with Gasteiger partial charge in [0.25, 0.3) is 5.95 Å². The van der Waals surface area contributed by atoms with E-state index in [1.807, 2.05) is 0 Å². The Morgan fingerprint density at radius 3 is 2.90 bits per heavy atom. The number of nitrogens with zero attached hydrogens (tertiary/aromatic N) is 6. The van der Waals surface area contributed by atoms with E-state index >= 15 is 0 Å². The molecule has 8 heteroatoms. The monoisotopic (exact) mass is 288 g/mol. The summed E-state index contributed by atoms with van der Waals surface area (Å²) in [6.45, 7) is 2.31. The minimum atomic E-state index is 0.181. The van der Waals surface area contributed by atoms with Crippen molar-refractivity contribution >= 4 is 11.9 Å². The Balaban J connectivity index is 1.76. The fraction of sp³-hybridized carbons (Fsp3) is 0.615. The molecule has 0 bridgehead atoms. The summed E-state index contributed by atoms with van der Waals surface area (Å²) < 4.78 is 1.47. The fourth-order valence-electron chi connectivity index (χ4n) is 2.67. The molecule has 8 nitrogen and oxygen atoms in total. The Hall–Kier alpha value is -2.25. The second-order valence-corrected chi connectivity index (χ2v) is 5.61. The van der Waals surface area contributed by atoms with E-state index in [2.05, 4.69) is 37.3 Å². The average Bonchev–Trinajstić information content (AvgIpc) is 2.91. The predicted molar refractivity (Wildman–Crippen MR) is 78.8 cm³/mol. The van der Waals surface area contributed by atoms with E-state index in [9.17, 15) is 0 Å². The molecule has 1 aliphatic rings. The quantitative estimate of drug-likeness (QED) is 0.822. The highest BCUT2D eigenvalue weighted by Gasteiger charge is 2.17. The lowest BCUT2D eigenvalue weighted by Crippen LogP contribution is -2.21. The summed E-state index contributed by atoms with van der Waals surface area (Å²) in [7, 11) is 0. The molecule has 2 unspecified atom stereocenters. The summed E-state index contributed by atoms with van der Waals surface area (Å²) in [4.78, 5) is 16.5. The molecule has 1 fully saturated rings. The van der Waals surface area contributed by atoms with Gasteiger partial charge in [0.05, 0.1) is 0 Å². The smallest absolute Gasteiger partial charge is 0.258 e. The van der Waals surface area contributed by atoms with Gasteiger partial charge in [0.15, 0.2) is 0 Å². The lowest BCUT2D eigenvalue weighted by Gasteiger charge is -2.16. The van der Waals surface area contributed by atoms with E-state index in [-0.39, 0.29) is 5.95 Å². The minimum Gasteiger partial charge on any atom is -0.368 e. The van der Waals surface area contributed by atoms with Gasteiger partial charge in [0, 0.05) is 6.04 Å². The Bertz CT molecular complexity index is 582. The summed E-state index contributed by atoms with van der Waals surface area (Å²) >= 11 is 0. The van der Waals surface area contributed by atoms with Crippen LogP contribution in [0.1, 0.15) is 39.0 Å². The first-order valence-corrected chi connectivity index (χ1v) is 7.34. The molecule has 112 valence electrons. The van der Waals surface area contributed by atoms with Crippen LogP contribution in [0.25, 0.3) is 5.95 Å². The van der Waals surface area contributed by atoms with Crippen molar-refractivity contribution in [1.29, 1.82) is 0 Å². The van der Waals surface area contributed by atoms with Gasteiger partial charge in [-0.25, -0.2) is 4.98 Å². The summed E-state index contributed by atoms with van der Waals surface area (Å²) in [6, 6.07) is 0.389. The van der Waals surface area contributed by atoms with Gasteiger partial charge in [-0.05, 0) is 25.2 Å². The van der Waals surface area contributed by atoms with Crippen LogP contribution < -0.4 is 11.1 Å². The lowest BCUT2D eigenvalue weighted by atomic mass is 10.0. The van der Waals surface area contributed by atoms with Crippen molar-refractivity contribution < 1.29 is 0 Å². The summed E-state index contributed by atoms with van der Waals surface area (Å²) in [5.41, 5.74) is 5.76. The van der Waals surface area contributed by atoms with Gasteiger partial charge in [-0.1, -0.05) is 19.8 Å². The van der Waals surface area contributed by atoms with Gasteiger partial charge < -0.3 is 11.1 Å². The van der Waals surface area contributed by atoms with Crippen LogP contribution in [0.2, 0.25) is 0 Å². The second-order valence-electron chi connectivity index (χ2n) is 5.61. The minimum absolute atomic E-state index is 0.181. The van der Waals surface area contributed by atoms with Gasteiger partial charge in [0.1, 0.15) is 12.7 Å². The number of aromatic nitrogens is 6. The molecule has 0 amide bonds. The van der Waals surface area contributed by atoms with E-state index in [0.717, 1.165) is 18.8 Å². The van der Waals surface area contributed by atoms with Crippen LogP contribution in [-0.2, 0) is 0 Å². The highest BCUT2D eigenvalue weighted by molar-refractivity contribution is 5.35. The zero-order valence-electron chi connectivity index (χ0n) is 12.1. The van der Waals surface area contributed by atoms with Crippen molar-refractivity contribution in [3.05, 3.63) is 12.7 Å². The first-order valence-electron chi connectivity index (χ1n) is 7.34. The van der Waals surface area contributed by atoms with Crippen molar-refractivity contribution in [2.75, 3.05) is 11.1 Å². The molecule has 0 spiro atoms. The standard InChI is InChI=1S/C13H20N8/c1-9-3-2-4-10(6-5-9)17-12-18-11(14)19-13(20-12)21-8-15-7-16-21/h7-10H,2-6H2,1H3,(H3,14,17,18,19,20). The Labute approximate surface area is 123 Å². The van der Waals surface area contributed by atoms with Gasteiger partial charge in [-0.15, -0.1) is 0 Å². The van der Waals surface area contributed by atoms with E-state index in [1.54, 1.807) is 0 Å². The number of nitrogens with two attached hydrogens (primary N) is 1. The molecule has 0 aliphatic heterocycles. The molecule has 21 heavy (non-hydrogen) atoms. The van der Waals surface area contributed by atoms with E-state index < -0.39 is 0 Å². The zero-order valence-corrected chi connectivity index (χ0v) is 12.1. The first kappa shape index (κ1) is 13.7. The first-order chi connectivity index (χ1) is 10.2. The van der Waals surface area contributed by atoms with E-state index in [1.165, 1.54) is 36.6 Å². The van der Waals surface area contributed by atoms with Crippen molar-refractivity contribution in [2.45, 2.75) is 45.1 Å². The normalized spacial score (nSPS) is 22.7. The summed E-state index contributed by atoms with van der Waals surface area (Å²) in [5.74, 6) is 1.86. The summed E-state index contributed by atoms with van der Waals surface area (Å²) in [5, 5.41) is 7.39. The molecule has 2 atom stereocenters. The van der Waals surface area contributed by atoms with Crippen LogP contribution in [0.5, 0.6) is 0 Å². The highest BCUT2D eigenvalue weighted by Crippen LogP contribution is 2.24. The van der Waals surface area contributed by atoms with Gasteiger partial charge in [0.2, 0.25) is 11.9 Å². The molecule has 0 saturated heterocycles. The van der Waals surface area contributed by atoms with Crippen LogP contribution >= 0.6 is 0 Å². The van der Waals surface area contributed by atoms with Crippen molar-refractivity contribution in [1.82, 2.24) is 29.7 Å². The van der Waals surface area contributed by atoms with Crippen LogP contribution in [0.4, 0.5) is 11.9 Å². The summed E-state index contributed by atoms with van der Waals surface area (Å²) in [6.07, 6.45) is 8.98. The zero-order chi connectivity index (χ0) is 14.7. The maximum absolute atomic E-state index is 5.76. The topological polar surface area (TPSA) is 107 Å². The maximum Gasteiger partial charge on any atom is 0.258 e. The molecule has 2 aromatic heterocycles. The van der Waals surface area contributed by atoms with Crippen molar-refractivity contribution in [3.8, 4) is 5.95 Å². The number of anilines is 2. The number of nitrogen functional groups attached to an aromatic ring is 1. The molecule has 3 rings (SSSR count). The molecule has 1 saturated carbocycles. The molecule has 3 N–H and O–H groups in total. The highest BCUT2D eigenvalue weighted by atomic mass is 15.4. The number of nitrogens with one attached hydrogen (secondary N) is 1. The average molecular weight is 288 g/mol. The van der Waals surface area contributed by atoms with Gasteiger partial charge in [-0.3, -0.25) is 0 Å². The van der Waals surface area contributed by atoms with Crippen LogP contribution in [-0.4, -0.2) is 35.8 Å². The molecule has 0 aromatic carbocycles. The molecular formula is C13H20N8. The Kier molecular flexibility index (Phi) is 3.94. The Morgan fingerprint density at radius 2 is 2.10 bits per heavy atom. The molecular weight excluding hydrogens is 268 g/mol. The SMILES string of the molecule is CC1CCCC(Nc2nc(N)nc(-n3cncn3)n2)CC1. The van der Waals surface area contributed by atoms with Crippen molar-refractivity contribution in [2.24, 2.45) is 5.92 Å². The largest absolute Gasteiger partial charge is 0.368 e. The number of rotatable bonds is 3. The van der Waals surface area contributed by atoms with Crippen LogP contribution in [0.15, 0.2) is 12.7 Å². The maximum atomic E-state index is 5.76. The van der Waals surface area contributed by atoms with Crippen LogP contribution in [0.3, 0.4) is 0 Å². The molecule has 2 heterocycles. The predicted octanol–water partition coefficient (Wildman–Crippen LogP) is 1.42. The third-order valence-electron chi connectivity index (χ3n) is 3.86. The van der Waals surface area contributed by atoms with Gasteiger partial charge >= 0.3 is 0 Å².